The highest BCUT2D eigenvalue weighted by molar-refractivity contribution is 6.09. The molecule has 2 heterocycles. The van der Waals surface area contributed by atoms with Crippen molar-refractivity contribution in [1.82, 2.24) is 4.98 Å². The summed E-state index contributed by atoms with van der Waals surface area (Å²) in [5, 5.41) is 3.19. The van der Waals surface area contributed by atoms with Crippen LogP contribution in [0.5, 0.6) is 0 Å². The lowest BCUT2D eigenvalue weighted by Crippen LogP contribution is -2.07. The van der Waals surface area contributed by atoms with E-state index in [1.54, 1.807) is 12.4 Å². The van der Waals surface area contributed by atoms with Gasteiger partial charge in [0.15, 0.2) is 0 Å². The molecule has 0 amide bonds. The Kier molecular flexibility index (Phi) is 3.60. The van der Waals surface area contributed by atoms with E-state index in [1.807, 2.05) is 13.0 Å². The van der Waals surface area contributed by atoms with Crippen LogP contribution in [-0.2, 0) is 12.6 Å². The number of nitrogens with one attached hydrogen (secondary N) is 1. The molecule has 1 aliphatic heterocycles. The van der Waals surface area contributed by atoms with Crippen LogP contribution in [0.2, 0.25) is 0 Å². The first-order valence-electron chi connectivity index (χ1n) is 6.95. The van der Waals surface area contributed by atoms with E-state index in [4.69, 9.17) is 0 Å². The fourth-order valence-electron chi connectivity index (χ4n) is 2.49. The number of hydrogen-bond donors (Lipinski definition) is 1. The molecule has 3 nitrogen and oxygen atoms in total. The van der Waals surface area contributed by atoms with Gasteiger partial charge in [-0.05, 0) is 30.7 Å². The highest BCUT2D eigenvalue weighted by atomic mass is 19.4. The molecule has 0 atom stereocenters. The number of benzene rings is 1. The van der Waals surface area contributed by atoms with Crippen LogP contribution in [0.4, 0.5) is 24.5 Å². The number of anilines is 1. The van der Waals surface area contributed by atoms with Crippen LogP contribution in [0, 0.1) is 0 Å². The van der Waals surface area contributed by atoms with Crippen molar-refractivity contribution < 1.29 is 13.2 Å². The van der Waals surface area contributed by atoms with Crippen molar-refractivity contribution >= 4 is 17.1 Å². The zero-order valence-corrected chi connectivity index (χ0v) is 11.9. The lowest BCUT2D eigenvalue weighted by molar-refractivity contribution is -0.137. The molecule has 114 valence electrons. The van der Waals surface area contributed by atoms with E-state index in [0.717, 1.165) is 41.2 Å². The molecule has 0 unspecified atom stereocenters. The molecule has 6 heteroatoms. The number of nitrogens with zero attached hydrogens (tertiary/aromatic N) is 2. The van der Waals surface area contributed by atoms with Gasteiger partial charge >= 0.3 is 6.18 Å². The molecule has 1 aromatic heterocycles. The Bertz CT molecular complexity index is 736. The standard InChI is InChI=1S/C16H14F3N3/c1-2-21-15-9-20-6-5-12(15)14-7-10-3-4-11(16(17,18)19)8-13(10)22-14/h3-6,8-9,21H,2,7H2,1H3. The molecule has 0 aliphatic carbocycles. The van der Waals surface area contributed by atoms with Crippen LogP contribution in [0.15, 0.2) is 41.7 Å². The quantitative estimate of drug-likeness (QED) is 0.922. The van der Waals surface area contributed by atoms with E-state index in [2.05, 4.69) is 15.3 Å². The summed E-state index contributed by atoms with van der Waals surface area (Å²) in [6.07, 6.45) is -0.469. The molecule has 1 aliphatic rings. The van der Waals surface area contributed by atoms with Gasteiger partial charge in [0.1, 0.15) is 0 Å². The highest BCUT2D eigenvalue weighted by Gasteiger charge is 2.32. The molecule has 0 saturated heterocycles. The smallest absolute Gasteiger partial charge is 0.384 e. The average molecular weight is 305 g/mol. The number of aliphatic imine (C=N–C) groups is 1. The molecule has 0 spiro atoms. The Morgan fingerprint density at radius 2 is 2.05 bits per heavy atom. The van der Waals surface area contributed by atoms with Gasteiger partial charge in [-0.1, -0.05) is 6.07 Å². The maximum absolute atomic E-state index is 12.8. The minimum atomic E-state index is -4.35. The zero-order chi connectivity index (χ0) is 15.7. The number of aromatic nitrogens is 1. The van der Waals surface area contributed by atoms with Gasteiger partial charge in [-0.15, -0.1) is 0 Å². The van der Waals surface area contributed by atoms with Crippen LogP contribution in [0.3, 0.4) is 0 Å². The summed E-state index contributed by atoms with van der Waals surface area (Å²) in [4.78, 5) is 8.45. The third-order valence-corrected chi connectivity index (χ3v) is 3.53. The van der Waals surface area contributed by atoms with Gasteiger partial charge in [0.25, 0.3) is 0 Å². The molecular formula is C16H14F3N3. The predicted octanol–water partition coefficient (Wildman–Crippen LogP) is 4.21. The monoisotopic (exact) mass is 305 g/mol. The van der Waals surface area contributed by atoms with E-state index in [-0.39, 0.29) is 0 Å². The van der Waals surface area contributed by atoms with E-state index in [0.29, 0.717) is 12.1 Å². The molecule has 0 saturated carbocycles. The maximum Gasteiger partial charge on any atom is 0.416 e. The van der Waals surface area contributed by atoms with E-state index in [1.165, 1.54) is 6.07 Å². The number of fused-ring (bicyclic) bond motifs is 1. The van der Waals surface area contributed by atoms with Crippen LogP contribution < -0.4 is 5.32 Å². The van der Waals surface area contributed by atoms with Crippen molar-refractivity contribution in [3.63, 3.8) is 0 Å². The topological polar surface area (TPSA) is 37.3 Å². The van der Waals surface area contributed by atoms with Gasteiger partial charge in [0, 0.05) is 24.7 Å². The second kappa shape index (κ2) is 5.44. The van der Waals surface area contributed by atoms with Crippen molar-refractivity contribution in [3.05, 3.63) is 53.3 Å². The van der Waals surface area contributed by atoms with E-state index >= 15 is 0 Å². The van der Waals surface area contributed by atoms with Crippen molar-refractivity contribution in [1.29, 1.82) is 0 Å². The van der Waals surface area contributed by atoms with Gasteiger partial charge in [0.2, 0.25) is 0 Å². The SMILES string of the molecule is CCNc1cnccc1C1=Nc2cc(C(F)(F)F)ccc2C1. The largest absolute Gasteiger partial charge is 0.416 e. The normalized spacial score (nSPS) is 13.7. The number of hydrogen-bond acceptors (Lipinski definition) is 3. The van der Waals surface area contributed by atoms with Crippen molar-refractivity contribution in [3.8, 4) is 0 Å². The molecule has 22 heavy (non-hydrogen) atoms. The Balaban J connectivity index is 1.98. The molecule has 0 radical (unpaired) electrons. The Morgan fingerprint density at radius 3 is 2.77 bits per heavy atom. The van der Waals surface area contributed by atoms with Crippen molar-refractivity contribution in [2.45, 2.75) is 19.5 Å². The van der Waals surface area contributed by atoms with Gasteiger partial charge in [-0.2, -0.15) is 13.2 Å². The van der Waals surface area contributed by atoms with Gasteiger partial charge in [0.05, 0.1) is 28.8 Å². The second-order valence-electron chi connectivity index (χ2n) is 5.03. The minimum absolute atomic E-state index is 0.393. The highest BCUT2D eigenvalue weighted by Crippen LogP contribution is 2.37. The third-order valence-electron chi connectivity index (χ3n) is 3.53. The third kappa shape index (κ3) is 2.68. The average Bonchev–Trinajstić information content (AvgIpc) is 2.90. The summed E-state index contributed by atoms with van der Waals surface area (Å²) in [5.74, 6) is 0. The Hall–Kier alpha value is -2.37. The summed E-state index contributed by atoms with van der Waals surface area (Å²) < 4.78 is 38.3. The number of pyridine rings is 1. The molecular weight excluding hydrogens is 291 g/mol. The minimum Gasteiger partial charge on any atom is -0.384 e. The van der Waals surface area contributed by atoms with Gasteiger partial charge in [-0.3, -0.25) is 9.98 Å². The van der Waals surface area contributed by atoms with Crippen LogP contribution >= 0.6 is 0 Å². The van der Waals surface area contributed by atoms with E-state index in [9.17, 15) is 13.2 Å². The Labute approximate surface area is 125 Å². The van der Waals surface area contributed by atoms with E-state index < -0.39 is 11.7 Å². The maximum atomic E-state index is 12.8. The fraction of sp³-hybridized carbons (Fsp3) is 0.250. The first-order valence-corrected chi connectivity index (χ1v) is 6.95. The van der Waals surface area contributed by atoms with Crippen molar-refractivity contribution in [2.75, 3.05) is 11.9 Å². The fourth-order valence-corrected chi connectivity index (χ4v) is 2.49. The van der Waals surface area contributed by atoms with Crippen molar-refractivity contribution in [2.24, 2.45) is 4.99 Å². The van der Waals surface area contributed by atoms with Crippen LogP contribution in [-0.4, -0.2) is 17.2 Å². The summed E-state index contributed by atoms with van der Waals surface area (Å²) in [7, 11) is 0. The van der Waals surface area contributed by atoms with Gasteiger partial charge < -0.3 is 5.32 Å². The zero-order valence-electron chi connectivity index (χ0n) is 11.9. The first-order chi connectivity index (χ1) is 10.5. The second-order valence-corrected chi connectivity index (χ2v) is 5.03. The molecule has 1 aromatic carbocycles. The summed E-state index contributed by atoms with van der Waals surface area (Å²) >= 11 is 0. The number of halogens is 3. The molecule has 0 fully saturated rings. The summed E-state index contributed by atoms with van der Waals surface area (Å²) in [6.45, 7) is 2.70. The Morgan fingerprint density at radius 1 is 1.23 bits per heavy atom. The first kappa shape index (κ1) is 14.6. The number of alkyl halides is 3. The van der Waals surface area contributed by atoms with Gasteiger partial charge in [-0.25, -0.2) is 0 Å². The lowest BCUT2D eigenvalue weighted by Gasteiger charge is -2.09. The molecule has 2 aromatic rings. The van der Waals surface area contributed by atoms with Crippen LogP contribution in [0.1, 0.15) is 23.6 Å². The molecule has 1 N–H and O–H groups in total. The predicted molar refractivity (Wildman–Crippen MR) is 79.7 cm³/mol. The number of rotatable bonds is 3. The molecule has 0 bridgehead atoms. The van der Waals surface area contributed by atoms with Crippen LogP contribution in [0.25, 0.3) is 0 Å². The summed E-state index contributed by atoms with van der Waals surface area (Å²) in [6, 6.07) is 5.54. The lowest BCUT2D eigenvalue weighted by atomic mass is 10.0. The summed E-state index contributed by atoms with van der Waals surface area (Å²) in [5.41, 5.74) is 3.01. The molecule has 3 rings (SSSR count).